The van der Waals surface area contributed by atoms with Gasteiger partial charge < -0.3 is 0 Å². The highest BCUT2D eigenvalue weighted by molar-refractivity contribution is 7.92. The van der Waals surface area contributed by atoms with Gasteiger partial charge in [0.15, 0.2) is 11.0 Å². The molecular weight excluding hydrogens is 320 g/mol. The fourth-order valence-electron chi connectivity index (χ4n) is 1.66. The van der Waals surface area contributed by atoms with Crippen molar-refractivity contribution in [3.05, 3.63) is 27.6 Å². The lowest BCUT2D eigenvalue weighted by atomic mass is 10.3. The van der Waals surface area contributed by atoms with E-state index < -0.39 is 10.0 Å². The Morgan fingerprint density at radius 3 is 2.86 bits per heavy atom. The number of benzene rings is 1. The highest BCUT2D eigenvalue weighted by Crippen LogP contribution is 2.27. The van der Waals surface area contributed by atoms with Gasteiger partial charge in [0.1, 0.15) is 0 Å². The second kappa shape index (κ2) is 6.61. The first-order valence-corrected chi connectivity index (χ1v) is 7.98. The molecule has 2 rings (SSSR count). The maximum atomic E-state index is 12.0. The van der Waals surface area contributed by atoms with Crippen LogP contribution >= 0.6 is 11.6 Å². The van der Waals surface area contributed by atoms with Crippen molar-refractivity contribution in [3.8, 4) is 0 Å². The van der Waals surface area contributed by atoms with Crippen molar-refractivity contribution in [1.29, 1.82) is 0 Å². The molecule has 0 unspecified atom stereocenters. The summed E-state index contributed by atoms with van der Waals surface area (Å²) in [7, 11) is -3.54. The Kier molecular flexibility index (Phi) is 4.84. The Hall–Kier alpha value is -2.03. The number of halogens is 1. The van der Waals surface area contributed by atoms with Gasteiger partial charge in [-0.15, -0.1) is 0 Å². The van der Waals surface area contributed by atoms with Crippen molar-refractivity contribution in [1.82, 2.24) is 10.3 Å². The predicted molar refractivity (Wildman–Crippen MR) is 77.5 cm³/mol. The number of unbranched alkanes of at least 4 members (excludes halogenated alkanes) is 1. The molecule has 0 atom stereocenters. The monoisotopic (exact) mass is 330 g/mol. The molecule has 0 radical (unpaired) electrons. The molecule has 1 heterocycles. The second-order valence-corrected chi connectivity index (χ2v) is 6.39. The van der Waals surface area contributed by atoms with Crippen LogP contribution in [0.5, 0.6) is 0 Å². The average Bonchev–Trinajstić information content (AvgIpc) is 2.92. The van der Waals surface area contributed by atoms with Crippen molar-refractivity contribution >= 4 is 38.3 Å². The van der Waals surface area contributed by atoms with E-state index in [0.29, 0.717) is 23.4 Å². The molecule has 0 aliphatic heterocycles. The third-order valence-electron chi connectivity index (χ3n) is 2.62. The lowest BCUT2D eigenvalue weighted by Crippen LogP contribution is -2.17. The first kappa shape index (κ1) is 15.4. The van der Waals surface area contributed by atoms with Crippen molar-refractivity contribution in [3.63, 3.8) is 0 Å². The minimum absolute atomic E-state index is 0.0939. The van der Waals surface area contributed by atoms with Crippen molar-refractivity contribution in [2.75, 3.05) is 17.0 Å². The van der Waals surface area contributed by atoms with Gasteiger partial charge in [0.05, 0.1) is 16.5 Å². The topological polar surface area (TPSA) is 134 Å². The van der Waals surface area contributed by atoms with Crippen LogP contribution in [0.2, 0.25) is 5.02 Å². The number of azide groups is 1. The van der Waals surface area contributed by atoms with Gasteiger partial charge in [-0.05, 0) is 40.8 Å². The Morgan fingerprint density at radius 2 is 2.10 bits per heavy atom. The first-order chi connectivity index (χ1) is 10.0. The maximum Gasteiger partial charge on any atom is 0.232 e. The fraction of sp³-hybridized carbons (Fsp3) is 0.400. The molecule has 0 bridgehead atoms. The van der Waals surface area contributed by atoms with Crippen LogP contribution in [0.3, 0.4) is 0 Å². The van der Waals surface area contributed by atoms with Gasteiger partial charge in [0, 0.05) is 11.5 Å². The third-order valence-corrected chi connectivity index (χ3v) is 4.28. The molecule has 0 amide bonds. The number of fused-ring (bicyclic) bond motifs is 1. The number of nitrogens with one attached hydrogen (secondary N) is 1. The first-order valence-electron chi connectivity index (χ1n) is 5.95. The normalized spacial score (nSPS) is 11.3. The van der Waals surface area contributed by atoms with Crippen molar-refractivity contribution in [2.45, 2.75) is 12.8 Å². The maximum absolute atomic E-state index is 12.0. The summed E-state index contributed by atoms with van der Waals surface area (Å²) in [6.45, 7) is 0.268. The van der Waals surface area contributed by atoms with Gasteiger partial charge in [-0.25, -0.2) is 13.0 Å². The molecular formula is C10H11ClN6O3S. The van der Waals surface area contributed by atoms with Crippen LogP contribution in [0.1, 0.15) is 12.8 Å². The Labute approximate surface area is 124 Å². The standard InChI is InChI=1S/C10H11ClN6O3S/c11-7-3-4-8(10-9(7)14-20-15-10)16-21(18,19)6-2-1-5-13-17-12/h3-4,16H,1-2,5-6H2. The minimum Gasteiger partial charge on any atom is -0.281 e. The molecule has 112 valence electrons. The molecule has 2 aromatic rings. The van der Waals surface area contributed by atoms with Crippen LogP contribution in [0.4, 0.5) is 5.69 Å². The lowest BCUT2D eigenvalue weighted by molar-refractivity contribution is 0.315. The van der Waals surface area contributed by atoms with E-state index in [2.05, 4.69) is 29.7 Å². The molecule has 0 aliphatic carbocycles. The van der Waals surface area contributed by atoms with Gasteiger partial charge in [0.25, 0.3) is 0 Å². The molecule has 9 nitrogen and oxygen atoms in total. The van der Waals surface area contributed by atoms with Gasteiger partial charge in [-0.1, -0.05) is 16.7 Å². The SMILES string of the molecule is [N-]=[N+]=NCCCCS(=O)(=O)Nc1ccc(Cl)c2nonc12. The van der Waals surface area contributed by atoms with E-state index >= 15 is 0 Å². The van der Waals surface area contributed by atoms with Crippen molar-refractivity contribution in [2.24, 2.45) is 5.11 Å². The average molecular weight is 331 g/mol. The summed E-state index contributed by atoms with van der Waals surface area (Å²) in [5, 5.41) is 10.9. The highest BCUT2D eigenvalue weighted by Gasteiger charge is 2.16. The Balaban J connectivity index is 2.06. The molecule has 11 heteroatoms. The number of rotatable bonds is 7. The number of aromatic nitrogens is 2. The zero-order valence-electron chi connectivity index (χ0n) is 10.7. The van der Waals surface area contributed by atoms with E-state index in [9.17, 15) is 8.42 Å². The van der Waals surface area contributed by atoms with E-state index in [0.717, 1.165) is 0 Å². The summed E-state index contributed by atoms with van der Waals surface area (Å²) >= 11 is 5.89. The molecule has 0 fully saturated rings. The largest absolute Gasteiger partial charge is 0.281 e. The molecule has 0 spiro atoms. The number of sulfonamides is 1. The summed E-state index contributed by atoms with van der Waals surface area (Å²) in [5.74, 6) is -0.0939. The number of hydrogen-bond donors (Lipinski definition) is 1. The minimum atomic E-state index is -3.54. The molecule has 0 saturated carbocycles. The molecule has 1 aromatic carbocycles. The summed E-state index contributed by atoms with van der Waals surface area (Å²) < 4.78 is 30.9. The number of anilines is 1. The zero-order chi connectivity index (χ0) is 15.3. The highest BCUT2D eigenvalue weighted by atomic mass is 35.5. The zero-order valence-corrected chi connectivity index (χ0v) is 12.3. The van der Waals surface area contributed by atoms with E-state index in [1.807, 2.05) is 0 Å². The van der Waals surface area contributed by atoms with Crippen LogP contribution in [0, 0.1) is 0 Å². The number of hydrogen-bond acceptors (Lipinski definition) is 6. The van der Waals surface area contributed by atoms with Crippen LogP contribution in [-0.4, -0.2) is 31.0 Å². The third kappa shape index (κ3) is 3.97. The summed E-state index contributed by atoms with van der Waals surface area (Å²) in [5.41, 5.74) is 8.92. The molecule has 1 N–H and O–H groups in total. The van der Waals surface area contributed by atoms with Gasteiger partial charge >= 0.3 is 0 Å². The van der Waals surface area contributed by atoms with E-state index in [4.69, 9.17) is 17.1 Å². The summed E-state index contributed by atoms with van der Waals surface area (Å²) in [6.07, 6.45) is 0.870. The molecule has 1 aromatic heterocycles. The van der Waals surface area contributed by atoms with Gasteiger partial charge in [-0.2, -0.15) is 0 Å². The van der Waals surface area contributed by atoms with Crippen LogP contribution in [-0.2, 0) is 10.0 Å². The van der Waals surface area contributed by atoms with Crippen LogP contribution in [0.25, 0.3) is 21.5 Å². The predicted octanol–water partition coefficient (Wildman–Crippen LogP) is 2.71. The lowest BCUT2D eigenvalue weighted by Gasteiger charge is -2.07. The van der Waals surface area contributed by atoms with Gasteiger partial charge in [0.2, 0.25) is 10.0 Å². The van der Waals surface area contributed by atoms with Crippen LogP contribution < -0.4 is 4.72 Å². The Bertz CT molecular complexity index is 783. The smallest absolute Gasteiger partial charge is 0.232 e. The van der Waals surface area contributed by atoms with E-state index in [1.54, 1.807) is 0 Å². The van der Waals surface area contributed by atoms with E-state index in [1.165, 1.54) is 12.1 Å². The fourth-order valence-corrected chi connectivity index (χ4v) is 3.03. The molecule has 21 heavy (non-hydrogen) atoms. The summed E-state index contributed by atoms with van der Waals surface area (Å²) in [4.78, 5) is 2.60. The molecule has 0 aliphatic rings. The number of nitrogens with zero attached hydrogens (tertiary/aromatic N) is 5. The molecule has 0 saturated heterocycles. The Morgan fingerprint density at radius 1 is 1.33 bits per heavy atom. The second-order valence-electron chi connectivity index (χ2n) is 4.14. The van der Waals surface area contributed by atoms with E-state index in [-0.39, 0.29) is 23.5 Å². The van der Waals surface area contributed by atoms with Gasteiger partial charge in [-0.3, -0.25) is 4.72 Å². The van der Waals surface area contributed by atoms with Crippen molar-refractivity contribution < 1.29 is 13.0 Å². The van der Waals surface area contributed by atoms with Crippen LogP contribution in [0.15, 0.2) is 21.9 Å². The summed E-state index contributed by atoms with van der Waals surface area (Å²) in [6, 6.07) is 3.00. The quantitative estimate of drug-likeness (QED) is 0.360.